The number of ketones is 1. The number of esters is 1. The third-order valence-electron chi connectivity index (χ3n) is 4.76. The van der Waals surface area contributed by atoms with Gasteiger partial charge in [-0.2, -0.15) is 0 Å². The fraction of sp³-hybridized carbons (Fsp3) is 0.400. The van der Waals surface area contributed by atoms with Crippen LogP contribution in [0.5, 0.6) is 0 Å². The standard InChI is InChI=1S/C20H22N2O6/c1-11(2)15(20(26)27-4)22-17(25)16-19(22)28-18(12(3)23)21(16)14(24)10-13-8-6-5-7-9-13/h5-9,16,18-19H,10H2,1-4H3. The summed E-state index contributed by atoms with van der Waals surface area (Å²) in [4.78, 5) is 52.3. The first-order valence-corrected chi connectivity index (χ1v) is 8.87. The summed E-state index contributed by atoms with van der Waals surface area (Å²) in [7, 11) is 1.22. The number of β-lactam (4-membered cyclic amide) rings is 1. The van der Waals surface area contributed by atoms with Crippen molar-refractivity contribution in [1.29, 1.82) is 0 Å². The molecule has 0 spiro atoms. The molecule has 0 aliphatic carbocycles. The second-order valence-electron chi connectivity index (χ2n) is 6.95. The Balaban J connectivity index is 1.89. The van der Waals surface area contributed by atoms with Gasteiger partial charge >= 0.3 is 5.97 Å². The minimum absolute atomic E-state index is 0.0387. The number of ether oxygens (including phenoxy) is 2. The number of carbonyl (C=O) groups excluding carboxylic acids is 4. The van der Waals surface area contributed by atoms with Crippen LogP contribution in [-0.2, 0) is 35.1 Å². The van der Waals surface area contributed by atoms with Crippen LogP contribution in [0, 0.1) is 0 Å². The Morgan fingerprint density at radius 2 is 1.75 bits per heavy atom. The van der Waals surface area contributed by atoms with Crippen LogP contribution in [0.25, 0.3) is 0 Å². The minimum Gasteiger partial charge on any atom is -0.464 e. The summed E-state index contributed by atoms with van der Waals surface area (Å²) in [6.07, 6.45) is -2.03. The quantitative estimate of drug-likeness (QED) is 0.426. The summed E-state index contributed by atoms with van der Waals surface area (Å²) in [5.74, 6) is -1.93. The van der Waals surface area contributed by atoms with E-state index in [-0.39, 0.29) is 23.8 Å². The summed E-state index contributed by atoms with van der Waals surface area (Å²) >= 11 is 0. The summed E-state index contributed by atoms with van der Waals surface area (Å²) in [5.41, 5.74) is 1.39. The number of likely N-dealkylation sites (tertiary alicyclic amines) is 1. The van der Waals surface area contributed by atoms with E-state index in [9.17, 15) is 19.2 Å². The zero-order valence-electron chi connectivity index (χ0n) is 16.2. The third kappa shape index (κ3) is 3.20. The number of rotatable bonds is 5. The molecule has 8 heteroatoms. The van der Waals surface area contributed by atoms with Crippen LogP contribution in [-0.4, -0.2) is 59.0 Å². The number of carbonyl (C=O) groups is 4. The van der Waals surface area contributed by atoms with Crippen molar-refractivity contribution in [3.8, 4) is 0 Å². The lowest BCUT2D eigenvalue weighted by Crippen LogP contribution is -2.68. The summed E-state index contributed by atoms with van der Waals surface area (Å²) in [5, 5.41) is 0. The van der Waals surface area contributed by atoms with Gasteiger partial charge in [-0.1, -0.05) is 30.3 Å². The van der Waals surface area contributed by atoms with Crippen LogP contribution in [0.2, 0.25) is 0 Å². The lowest BCUT2D eigenvalue weighted by molar-refractivity contribution is -0.170. The van der Waals surface area contributed by atoms with Gasteiger partial charge in [0.05, 0.1) is 13.5 Å². The van der Waals surface area contributed by atoms with Gasteiger partial charge in [-0.3, -0.25) is 24.2 Å². The first kappa shape index (κ1) is 19.8. The largest absolute Gasteiger partial charge is 0.464 e. The summed E-state index contributed by atoms with van der Waals surface area (Å²) in [6.45, 7) is 4.64. The van der Waals surface area contributed by atoms with E-state index in [0.29, 0.717) is 5.57 Å². The number of Topliss-reactive ketones (excluding diaryl/α,β-unsaturated/α-hetero) is 1. The molecule has 3 rings (SSSR count). The van der Waals surface area contributed by atoms with Gasteiger partial charge in [0.1, 0.15) is 5.70 Å². The van der Waals surface area contributed by atoms with Gasteiger partial charge in [-0.15, -0.1) is 0 Å². The molecule has 2 amide bonds. The van der Waals surface area contributed by atoms with E-state index < -0.39 is 30.4 Å². The highest BCUT2D eigenvalue weighted by molar-refractivity contribution is 6.03. The van der Waals surface area contributed by atoms with E-state index in [4.69, 9.17) is 9.47 Å². The lowest BCUT2D eigenvalue weighted by Gasteiger charge is -2.43. The van der Waals surface area contributed by atoms with Gasteiger partial charge in [-0.05, 0) is 31.9 Å². The lowest BCUT2D eigenvalue weighted by atomic mass is 10.00. The molecule has 2 heterocycles. The van der Waals surface area contributed by atoms with Crippen molar-refractivity contribution in [3.63, 3.8) is 0 Å². The van der Waals surface area contributed by atoms with Crippen LogP contribution in [0.1, 0.15) is 26.3 Å². The molecule has 0 bridgehead atoms. The molecule has 0 N–H and O–H groups in total. The minimum atomic E-state index is -1.17. The molecular formula is C20H22N2O6. The average Bonchev–Trinajstić information content (AvgIpc) is 3.02. The van der Waals surface area contributed by atoms with Crippen LogP contribution in [0.4, 0.5) is 0 Å². The van der Waals surface area contributed by atoms with Crippen molar-refractivity contribution in [2.75, 3.05) is 7.11 Å². The molecule has 0 saturated carbocycles. The molecule has 2 saturated heterocycles. The van der Waals surface area contributed by atoms with Gasteiger partial charge in [0.25, 0.3) is 5.91 Å². The Morgan fingerprint density at radius 1 is 1.11 bits per heavy atom. The molecule has 28 heavy (non-hydrogen) atoms. The van der Waals surface area contributed by atoms with E-state index in [2.05, 4.69) is 0 Å². The predicted molar refractivity (Wildman–Crippen MR) is 97.4 cm³/mol. The van der Waals surface area contributed by atoms with Crippen molar-refractivity contribution in [3.05, 3.63) is 47.2 Å². The topological polar surface area (TPSA) is 93.2 Å². The van der Waals surface area contributed by atoms with Crippen molar-refractivity contribution >= 4 is 23.6 Å². The second-order valence-corrected chi connectivity index (χ2v) is 6.95. The molecule has 1 aromatic rings. The number of nitrogens with zero attached hydrogens (tertiary/aromatic N) is 2. The van der Waals surface area contributed by atoms with E-state index in [0.717, 1.165) is 10.5 Å². The van der Waals surface area contributed by atoms with Crippen molar-refractivity contribution in [2.24, 2.45) is 0 Å². The molecule has 8 nitrogen and oxygen atoms in total. The molecular weight excluding hydrogens is 364 g/mol. The first-order valence-electron chi connectivity index (χ1n) is 8.87. The molecule has 0 radical (unpaired) electrons. The highest BCUT2D eigenvalue weighted by Crippen LogP contribution is 2.39. The van der Waals surface area contributed by atoms with Gasteiger partial charge in [-0.25, -0.2) is 4.79 Å². The van der Waals surface area contributed by atoms with E-state index in [1.54, 1.807) is 26.0 Å². The number of methoxy groups -OCH3 is 1. The SMILES string of the molecule is COC(=O)C(=C(C)C)N1C(=O)C2C1OC(C(C)=O)N2C(=O)Cc1ccccc1. The van der Waals surface area contributed by atoms with Crippen molar-refractivity contribution in [2.45, 2.75) is 45.7 Å². The molecule has 1 aromatic carbocycles. The van der Waals surface area contributed by atoms with E-state index >= 15 is 0 Å². The maximum Gasteiger partial charge on any atom is 0.354 e. The Kier molecular flexibility index (Phi) is 5.33. The number of hydrogen-bond donors (Lipinski definition) is 0. The number of hydrogen-bond acceptors (Lipinski definition) is 6. The summed E-state index contributed by atoms with van der Waals surface area (Å²) in [6, 6.07) is 8.10. The van der Waals surface area contributed by atoms with E-state index in [1.165, 1.54) is 18.9 Å². The molecule has 2 aliphatic heterocycles. The number of fused-ring (bicyclic) bond motifs is 1. The number of amides is 2. The first-order chi connectivity index (χ1) is 13.3. The number of benzene rings is 1. The maximum atomic E-state index is 12.9. The molecule has 2 aliphatic rings. The third-order valence-corrected chi connectivity index (χ3v) is 4.76. The van der Waals surface area contributed by atoms with Gasteiger partial charge in [0.15, 0.2) is 24.3 Å². The zero-order chi connectivity index (χ0) is 20.6. The molecule has 3 unspecified atom stereocenters. The Bertz CT molecular complexity index is 859. The maximum absolute atomic E-state index is 12.9. The molecule has 3 atom stereocenters. The number of allylic oxidation sites excluding steroid dienone is 1. The smallest absolute Gasteiger partial charge is 0.354 e. The van der Waals surface area contributed by atoms with Crippen LogP contribution in [0.15, 0.2) is 41.6 Å². The molecule has 0 aromatic heterocycles. The second kappa shape index (κ2) is 7.55. The Hall–Kier alpha value is -3.00. The van der Waals surface area contributed by atoms with Gasteiger partial charge < -0.3 is 9.47 Å². The van der Waals surface area contributed by atoms with E-state index in [1.807, 2.05) is 18.2 Å². The monoisotopic (exact) mass is 386 g/mol. The van der Waals surface area contributed by atoms with Crippen LogP contribution in [0.3, 0.4) is 0 Å². The predicted octanol–water partition coefficient (Wildman–Crippen LogP) is 1.01. The van der Waals surface area contributed by atoms with Gasteiger partial charge in [0.2, 0.25) is 5.91 Å². The fourth-order valence-corrected chi connectivity index (χ4v) is 3.50. The highest BCUT2D eigenvalue weighted by atomic mass is 16.6. The fourth-order valence-electron chi connectivity index (χ4n) is 3.50. The molecule has 2 fully saturated rings. The summed E-state index contributed by atoms with van der Waals surface area (Å²) < 4.78 is 10.5. The van der Waals surface area contributed by atoms with Crippen LogP contribution < -0.4 is 0 Å². The normalized spacial score (nSPS) is 23.0. The highest BCUT2D eigenvalue weighted by Gasteiger charge is 2.63. The van der Waals surface area contributed by atoms with Crippen molar-refractivity contribution in [1.82, 2.24) is 9.80 Å². The average molecular weight is 386 g/mol. The van der Waals surface area contributed by atoms with Crippen LogP contribution >= 0.6 is 0 Å². The molecule has 148 valence electrons. The Morgan fingerprint density at radius 3 is 2.29 bits per heavy atom. The van der Waals surface area contributed by atoms with Gasteiger partial charge in [0, 0.05) is 0 Å². The Labute approximate surface area is 162 Å². The van der Waals surface area contributed by atoms with Crippen molar-refractivity contribution < 1.29 is 28.7 Å². The zero-order valence-corrected chi connectivity index (χ0v) is 16.2.